The predicted molar refractivity (Wildman–Crippen MR) is 235 cm³/mol. The first kappa shape index (κ1) is 34.4. The Labute approximate surface area is 334 Å². The summed E-state index contributed by atoms with van der Waals surface area (Å²) in [5.74, 6) is 3.49. The first-order valence-electron chi connectivity index (χ1n) is 21.9. The van der Waals surface area contributed by atoms with Crippen LogP contribution in [0.3, 0.4) is 0 Å². The maximum atomic E-state index is 2.60. The number of hydrogen-bond donors (Lipinski definition) is 0. The van der Waals surface area contributed by atoms with Crippen LogP contribution in [0.25, 0.3) is 33.4 Å². The van der Waals surface area contributed by atoms with Crippen LogP contribution in [0, 0.1) is 17.8 Å². The third-order valence-corrected chi connectivity index (χ3v) is 15.2. The summed E-state index contributed by atoms with van der Waals surface area (Å²) in [6, 6.07) is 53.9. The Morgan fingerprint density at radius 2 is 1.07 bits per heavy atom. The summed E-state index contributed by atoms with van der Waals surface area (Å²) >= 11 is 0. The number of nitrogens with zero attached hydrogens (tertiary/aromatic N) is 1. The van der Waals surface area contributed by atoms with Crippen LogP contribution < -0.4 is 4.90 Å². The Bertz CT molecular complexity index is 2360. The Morgan fingerprint density at radius 1 is 0.500 bits per heavy atom. The third kappa shape index (κ3) is 5.55. The molecule has 280 valence electrons. The average Bonchev–Trinajstić information content (AvgIpc) is 3.47. The molecule has 0 N–H and O–H groups in total. The van der Waals surface area contributed by atoms with E-state index in [-0.39, 0.29) is 5.41 Å². The van der Waals surface area contributed by atoms with Crippen molar-refractivity contribution in [3.63, 3.8) is 0 Å². The lowest BCUT2D eigenvalue weighted by atomic mass is 9.48. The van der Waals surface area contributed by atoms with E-state index in [9.17, 15) is 0 Å². The van der Waals surface area contributed by atoms with Gasteiger partial charge in [-0.05, 0) is 161 Å². The fourth-order valence-electron chi connectivity index (χ4n) is 13.1. The van der Waals surface area contributed by atoms with Gasteiger partial charge in [-0.25, -0.2) is 0 Å². The van der Waals surface area contributed by atoms with E-state index < -0.39 is 0 Å². The van der Waals surface area contributed by atoms with E-state index in [4.69, 9.17) is 0 Å². The van der Waals surface area contributed by atoms with E-state index in [1.165, 1.54) is 138 Å². The van der Waals surface area contributed by atoms with Crippen molar-refractivity contribution < 1.29 is 0 Å². The summed E-state index contributed by atoms with van der Waals surface area (Å²) in [7, 11) is 0. The molecule has 0 amide bonds. The Hall–Kier alpha value is -4.88. The zero-order chi connectivity index (χ0) is 37.4. The van der Waals surface area contributed by atoms with E-state index in [0.717, 1.165) is 17.8 Å². The van der Waals surface area contributed by atoms with Crippen molar-refractivity contribution in [3.05, 3.63) is 162 Å². The minimum Gasteiger partial charge on any atom is -0.310 e. The summed E-state index contributed by atoms with van der Waals surface area (Å²) in [6.07, 6.45) is 15.3. The molecule has 0 saturated heterocycles. The number of fused-ring (bicyclic) bond motifs is 3. The molecule has 1 nitrogen and oxygen atoms in total. The summed E-state index contributed by atoms with van der Waals surface area (Å²) in [4.78, 5) is 2.60. The summed E-state index contributed by atoms with van der Waals surface area (Å²) < 4.78 is 0. The van der Waals surface area contributed by atoms with Gasteiger partial charge in [-0.15, -0.1) is 0 Å². The Balaban J connectivity index is 1.12. The predicted octanol–water partition coefficient (Wildman–Crippen LogP) is 15.3. The number of anilines is 3. The van der Waals surface area contributed by atoms with Crippen molar-refractivity contribution in [1.29, 1.82) is 0 Å². The Morgan fingerprint density at radius 3 is 1.73 bits per heavy atom. The molecule has 12 rings (SSSR count). The van der Waals surface area contributed by atoms with Crippen LogP contribution in [-0.2, 0) is 10.8 Å². The van der Waals surface area contributed by atoms with Gasteiger partial charge < -0.3 is 4.90 Å². The van der Waals surface area contributed by atoms with Gasteiger partial charge in [-0.3, -0.25) is 0 Å². The fourth-order valence-corrected chi connectivity index (χ4v) is 13.1. The van der Waals surface area contributed by atoms with E-state index in [1.54, 1.807) is 5.56 Å². The van der Waals surface area contributed by atoms with Crippen molar-refractivity contribution in [3.8, 4) is 33.4 Å². The first-order valence-corrected chi connectivity index (χ1v) is 21.9. The lowest BCUT2D eigenvalue weighted by molar-refractivity contribution is -0.00518. The largest absolute Gasteiger partial charge is 0.310 e. The van der Waals surface area contributed by atoms with Crippen LogP contribution in [0.1, 0.15) is 113 Å². The highest BCUT2D eigenvalue weighted by Crippen LogP contribution is 2.61. The van der Waals surface area contributed by atoms with Crippen molar-refractivity contribution in [2.24, 2.45) is 17.8 Å². The van der Waals surface area contributed by atoms with E-state index in [0.29, 0.717) is 11.3 Å². The minimum atomic E-state index is -0.181. The van der Waals surface area contributed by atoms with Gasteiger partial charge >= 0.3 is 0 Å². The van der Waals surface area contributed by atoms with Gasteiger partial charge in [0, 0.05) is 22.4 Å². The van der Waals surface area contributed by atoms with Crippen LogP contribution in [-0.4, -0.2) is 0 Å². The molecule has 6 aliphatic rings. The second-order valence-corrected chi connectivity index (χ2v) is 19.0. The van der Waals surface area contributed by atoms with Crippen LogP contribution in [0.5, 0.6) is 0 Å². The molecule has 6 aromatic carbocycles. The summed E-state index contributed by atoms with van der Waals surface area (Å²) in [6.45, 7) is 4.89. The molecule has 56 heavy (non-hydrogen) atoms. The van der Waals surface area contributed by atoms with Crippen LogP contribution in [0.2, 0.25) is 0 Å². The lowest BCUT2D eigenvalue weighted by Crippen LogP contribution is -2.48. The maximum Gasteiger partial charge on any atom is 0.0543 e. The standard InChI is InChI=1S/C55H55N/c1-54(2)50-20-12-11-18-47(50)49-29-30-51(52(53(49)54)48-19-10-9-17-46(48)42-15-7-4-8-16-42)56(44-25-21-41(22-26-44)40-13-5-3-6-14-40)45-27-23-43(24-28-45)55-34-37-31-38(35-55)33-39(32-37)36-55/h4,7-12,15-30,37-40H,3,5-6,13-14,31-36H2,1-2H3. The van der Waals surface area contributed by atoms with Gasteiger partial charge in [0.2, 0.25) is 0 Å². The second kappa shape index (κ2) is 13.4. The molecule has 5 saturated carbocycles. The third-order valence-electron chi connectivity index (χ3n) is 15.2. The maximum absolute atomic E-state index is 2.60. The highest BCUT2D eigenvalue weighted by atomic mass is 15.1. The van der Waals surface area contributed by atoms with Crippen molar-refractivity contribution >= 4 is 17.1 Å². The quantitative estimate of drug-likeness (QED) is 0.158. The normalized spacial score (nSPS) is 24.5. The zero-order valence-electron chi connectivity index (χ0n) is 33.3. The molecule has 6 aliphatic carbocycles. The van der Waals surface area contributed by atoms with Crippen molar-refractivity contribution in [2.75, 3.05) is 4.90 Å². The van der Waals surface area contributed by atoms with Gasteiger partial charge in [-0.1, -0.05) is 142 Å². The summed E-state index contributed by atoms with van der Waals surface area (Å²) in [5.41, 5.74) is 17.7. The second-order valence-electron chi connectivity index (χ2n) is 19.0. The molecular weight excluding hydrogens is 675 g/mol. The monoisotopic (exact) mass is 729 g/mol. The van der Waals surface area contributed by atoms with Crippen molar-refractivity contribution in [2.45, 2.75) is 101 Å². The van der Waals surface area contributed by atoms with Crippen LogP contribution >= 0.6 is 0 Å². The van der Waals surface area contributed by atoms with Crippen LogP contribution in [0.4, 0.5) is 17.1 Å². The van der Waals surface area contributed by atoms with E-state index >= 15 is 0 Å². The smallest absolute Gasteiger partial charge is 0.0543 e. The number of benzene rings is 6. The number of rotatable bonds is 7. The molecular formula is C55H55N. The number of hydrogen-bond acceptors (Lipinski definition) is 1. The Kier molecular flexibility index (Phi) is 8.20. The zero-order valence-corrected chi connectivity index (χ0v) is 33.3. The van der Waals surface area contributed by atoms with Gasteiger partial charge in [0.05, 0.1) is 5.69 Å². The molecule has 0 aliphatic heterocycles. The molecule has 5 fully saturated rings. The fraction of sp³-hybridized carbons (Fsp3) is 0.345. The molecule has 0 aromatic heterocycles. The highest BCUT2D eigenvalue weighted by molar-refractivity contribution is 6.01. The molecule has 0 heterocycles. The SMILES string of the molecule is CC1(C)c2ccccc2-c2ccc(N(c3ccc(C4CCCCC4)cc3)c3ccc(C45CC6CC(CC(C6)C4)C5)cc3)c(-c3ccccc3-c3ccccc3)c21. The summed E-state index contributed by atoms with van der Waals surface area (Å²) in [5, 5.41) is 0. The molecule has 0 unspecified atom stereocenters. The van der Waals surface area contributed by atoms with Crippen molar-refractivity contribution in [1.82, 2.24) is 0 Å². The molecule has 0 atom stereocenters. The van der Waals surface area contributed by atoms with Gasteiger partial charge in [0.25, 0.3) is 0 Å². The molecule has 0 spiro atoms. The van der Waals surface area contributed by atoms with E-state index in [1.807, 2.05) is 0 Å². The minimum absolute atomic E-state index is 0.181. The molecule has 6 aromatic rings. The lowest BCUT2D eigenvalue weighted by Gasteiger charge is -2.57. The van der Waals surface area contributed by atoms with Crippen LogP contribution in [0.15, 0.2) is 140 Å². The average molecular weight is 730 g/mol. The van der Waals surface area contributed by atoms with Gasteiger partial charge in [-0.2, -0.15) is 0 Å². The van der Waals surface area contributed by atoms with Gasteiger partial charge in [0.15, 0.2) is 0 Å². The molecule has 0 radical (unpaired) electrons. The molecule has 1 heteroatoms. The first-order chi connectivity index (χ1) is 27.4. The van der Waals surface area contributed by atoms with Gasteiger partial charge in [0.1, 0.15) is 0 Å². The van der Waals surface area contributed by atoms with E-state index in [2.05, 4.69) is 158 Å². The topological polar surface area (TPSA) is 3.24 Å². The highest BCUT2D eigenvalue weighted by Gasteiger charge is 2.51. The molecule has 4 bridgehead atoms.